The molecule has 0 bridgehead atoms. The number of sulfonamides is 1. The Kier molecular flexibility index (Phi) is 3.31. The van der Waals surface area contributed by atoms with E-state index in [1.807, 2.05) is 0 Å². The van der Waals surface area contributed by atoms with E-state index in [0.717, 1.165) is 6.07 Å². The maximum atomic E-state index is 11.7. The molecule has 0 amide bonds. The zero-order valence-electron chi connectivity index (χ0n) is 9.73. The Morgan fingerprint density at radius 2 is 1.89 bits per heavy atom. The zero-order valence-corrected chi connectivity index (χ0v) is 11.4. The number of hydrogen-bond acceptors (Lipinski definition) is 5. The predicted molar refractivity (Wildman–Crippen MR) is 67.8 cm³/mol. The zero-order chi connectivity index (χ0) is 14.3. The Labute approximate surface area is 110 Å². The van der Waals surface area contributed by atoms with Gasteiger partial charge in [-0.15, -0.1) is 0 Å². The van der Waals surface area contributed by atoms with Crippen LogP contribution in [0.4, 0.5) is 0 Å². The largest absolute Gasteiger partial charge is 0.295 e. The summed E-state index contributed by atoms with van der Waals surface area (Å²) in [6.07, 6.45) is 2.67. The van der Waals surface area contributed by atoms with Gasteiger partial charge < -0.3 is 0 Å². The van der Waals surface area contributed by atoms with Crippen LogP contribution in [0.15, 0.2) is 40.4 Å². The van der Waals surface area contributed by atoms with Gasteiger partial charge in [0.2, 0.25) is 10.0 Å². The highest BCUT2D eigenvalue weighted by Crippen LogP contribution is 2.26. The van der Waals surface area contributed by atoms with E-state index in [1.165, 1.54) is 31.6 Å². The van der Waals surface area contributed by atoms with E-state index in [4.69, 9.17) is 0 Å². The summed E-state index contributed by atoms with van der Waals surface area (Å²) in [4.78, 5) is 3.06. The van der Waals surface area contributed by atoms with E-state index in [2.05, 4.69) is 9.71 Å². The highest BCUT2D eigenvalue weighted by atomic mass is 32.2. The van der Waals surface area contributed by atoms with E-state index in [1.54, 1.807) is 0 Å². The summed E-state index contributed by atoms with van der Waals surface area (Å²) in [5.74, 6) is 0. The van der Waals surface area contributed by atoms with E-state index < -0.39 is 25.0 Å². The average molecular weight is 302 g/mol. The first-order chi connectivity index (χ1) is 8.75. The fraction of sp³-hybridized carbons (Fsp3) is 0.100. The minimum absolute atomic E-state index is 0.201. The highest BCUT2D eigenvalue weighted by Gasteiger charge is 2.20. The highest BCUT2D eigenvalue weighted by molar-refractivity contribution is 7.89. The molecule has 19 heavy (non-hydrogen) atoms. The molecule has 7 nitrogen and oxygen atoms in total. The van der Waals surface area contributed by atoms with Crippen molar-refractivity contribution in [2.75, 3.05) is 7.05 Å². The van der Waals surface area contributed by atoms with Crippen molar-refractivity contribution in [3.05, 3.63) is 30.6 Å². The van der Waals surface area contributed by atoms with Crippen LogP contribution in [0.25, 0.3) is 10.8 Å². The van der Waals surface area contributed by atoms with Crippen molar-refractivity contribution in [2.45, 2.75) is 9.79 Å². The van der Waals surface area contributed by atoms with Gasteiger partial charge in [-0.2, -0.15) is 8.42 Å². The lowest BCUT2D eigenvalue weighted by Gasteiger charge is -2.08. The second kappa shape index (κ2) is 4.53. The molecular formula is C10H10N2O5S2. The Balaban J connectivity index is 2.94. The molecular weight excluding hydrogens is 292 g/mol. The summed E-state index contributed by atoms with van der Waals surface area (Å²) in [6.45, 7) is 0. The third-order valence-electron chi connectivity index (χ3n) is 2.55. The van der Waals surface area contributed by atoms with Gasteiger partial charge in [-0.25, -0.2) is 13.1 Å². The minimum atomic E-state index is -4.54. The number of pyridine rings is 1. The average Bonchev–Trinajstić information content (AvgIpc) is 2.36. The SMILES string of the molecule is CNS(=O)(=O)c1cc(S(=O)(=O)O)c2ccncc2c1. The maximum absolute atomic E-state index is 11.7. The number of fused-ring (bicyclic) bond motifs is 1. The molecule has 0 saturated carbocycles. The summed E-state index contributed by atoms with van der Waals surface area (Å²) < 4.78 is 57.4. The molecule has 0 aliphatic heterocycles. The Bertz CT molecular complexity index is 843. The standard InChI is InChI=1S/C10H10N2O5S2/c1-11-18(13,14)8-4-7-6-12-3-2-9(7)10(5-8)19(15,16)17/h2-6,11H,1H3,(H,15,16,17). The minimum Gasteiger partial charge on any atom is -0.282 e. The summed E-state index contributed by atoms with van der Waals surface area (Å²) in [7, 11) is -7.16. The van der Waals surface area contributed by atoms with Gasteiger partial charge in [-0.1, -0.05) is 0 Å². The van der Waals surface area contributed by atoms with Gasteiger partial charge in [0, 0.05) is 23.2 Å². The van der Waals surface area contributed by atoms with E-state index >= 15 is 0 Å². The Hall–Kier alpha value is -1.55. The van der Waals surface area contributed by atoms with Crippen molar-refractivity contribution in [3.63, 3.8) is 0 Å². The van der Waals surface area contributed by atoms with Gasteiger partial charge in [0.1, 0.15) is 4.90 Å². The third kappa shape index (κ3) is 2.59. The van der Waals surface area contributed by atoms with Gasteiger partial charge in [0.15, 0.2) is 0 Å². The smallest absolute Gasteiger partial charge is 0.282 e. The number of benzene rings is 1. The van der Waals surface area contributed by atoms with Gasteiger partial charge in [-0.3, -0.25) is 9.54 Å². The van der Waals surface area contributed by atoms with Crippen molar-refractivity contribution in [2.24, 2.45) is 0 Å². The maximum Gasteiger partial charge on any atom is 0.295 e. The predicted octanol–water partition coefficient (Wildman–Crippen LogP) is 0.390. The Morgan fingerprint density at radius 1 is 1.21 bits per heavy atom. The summed E-state index contributed by atoms with van der Waals surface area (Å²) >= 11 is 0. The summed E-state index contributed by atoms with van der Waals surface area (Å²) in [5, 5.41) is 0.499. The van der Waals surface area contributed by atoms with Crippen LogP contribution in [-0.2, 0) is 20.1 Å². The van der Waals surface area contributed by atoms with Crippen LogP contribution >= 0.6 is 0 Å². The van der Waals surface area contributed by atoms with Crippen molar-refractivity contribution in [1.82, 2.24) is 9.71 Å². The molecule has 0 atom stereocenters. The molecule has 1 heterocycles. The van der Waals surface area contributed by atoms with Crippen LogP contribution in [0.2, 0.25) is 0 Å². The number of nitrogens with zero attached hydrogens (tertiary/aromatic N) is 1. The molecule has 0 saturated heterocycles. The van der Waals surface area contributed by atoms with Crippen LogP contribution in [0, 0.1) is 0 Å². The van der Waals surface area contributed by atoms with Gasteiger partial charge in [0.05, 0.1) is 4.90 Å². The van der Waals surface area contributed by atoms with Gasteiger partial charge in [0.25, 0.3) is 10.1 Å². The first kappa shape index (κ1) is 13.9. The van der Waals surface area contributed by atoms with E-state index in [-0.39, 0.29) is 10.3 Å². The first-order valence-electron chi connectivity index (χ1n) is 5.04. The normalized spacial score (nSPS) is 12.7. The summed E-state index contributed by atoms with van der Waals surface area (Å²) in [5.41, 5.74) is 0. The topological polar surface area (TPSA) is 113 Å². The third-order valence-corrected chi connectivity index (χ3v) is 4.83. The molecule has 0 aliphatic rings. The summed E-state index contributed by atoms with van der Waals surface area (Å²) in [6, 6.07) is 3.57. The lowest BCUT2D eigenvalue weighted by Crippen LogP contribution is -2.19. The lowest BCUT2D eigenvalue weighted by molar-refractivity contribution is 0.484. The fourth-order valence-corrected chi connectivity index (χ4v) is 3.24. The second-order valence-corrected chi connectivity index (χ2v) is 6.98. The van der Waals surface area contributed by atoms with Crippen LogP contribution in [0.5, 0.6) is 0 Å². The quantitative estimate of drug-likeness (QED) is 0.793. The van der Waals surface area contributed by atoms with Crippen LogP contribution in [-0.4, -0.2) is 33.4 Å². The van der Waals surface area contributed by atoms with Crippen LogP contribution in [0.3, 0.4) is 0 Å². The van der Waals surface area contributed by atoms with Crippen molar-refractivity contribution in [1.29, 1.82) is 0 Å². The number of aromatic nitrogens is 1. The van der Waals surface area contributed by atoms with Crippen LogP contribution in [0.1, 0.15) is 0 Å². The molecule has 2 rings (SSSR count). The lowest BCUT2D eigenvalue weighted by atomic mass is 10.2. The fourth-order valence-electron chi connectivity index (χ4n) is 1.63. The number of rotatable bonds is 3. The molecule has 9 heteroatoms. The van der Waals surface area contributed by atoms with E-state index in [0.29, 0.717) is 5.39 Å². The van der Waals surface area contributed by atoms with E-state index in [9.17, 15) is 21.4 Å². The molecule has 1 aromatic carbocycles. The van der Waals surface area contributed by atoms with Crippen molar-refractivity contribution < 1.29 is 21.4 Å². The molecule has 0 aliphatic carbocycles. The number of nitrogens with one attached hydrogen (secondary N) is 1. The first-order valence-corrected chi connectivity index (χ1v) is 7.97. The van der Waals surface area contributed by atoms with Crippen molar-refractivity contribution >= 4 is 30.9 Å². The van der Waals surface area contributed by atoms with Crippen LogP contribution < -0.4 is 4.72 Å². The molecule has 2 N–H and O–H groups in total. The monoisotopic (exact) mass is 302 g/mol. The van der Waals surface area contributed by atoms with Crippen molar-refractivity contribution in [3.8, 4) is 0 Å². The number of hydrogen-bond donors (Lipinski definition) is 2. The molecule has 0 unspecified atom stereocenters. The van der Waals surface area contributed by atoms with Gasteiger partial charge >= 0.3 is 0 Å². The molecule has 1 aromatic heterocycles. The molecule has 0 radical (unpaired) electrons. The van der Waals surface area contributed by atoms with Gasteiger partial charge in [-0.05, 0) is 25.2 Å². The molecule has 2 aromatic rings. The second-order valence-electron chi connectivity index (χ2n) is 3.70. The molecule has 0 fully saturated rings. The molecule has 102 valence electrons. The Morgan fingerprint density at radius 3 is 2.47 bits per heavy atom. The molecule has 0 spiro atoms.